The quantitative estimate of drug-likeness (QED) is 0.667. The molecule has 0 radical (unpaired) electrons. The minimum atomic E-state index is -0.382. The van der Waals surface area contributed by atoms with Gasteiger partial charge in [-0.05, 0) is 31.5 Å². The Morgan fingerprint density at radius 3 is 2.85 bits per heavy atom. The van der Waals surface area contributed by atoms with Crippen LogP contribution in [0, 0.1) is 5.82 Å². The van der Waals surface area contributed by atoms with Gasteiger partial charge in [-0.2, -0.15) is 0 Å². The van der Waals surface area contributed by atoms with Crippen molar-refractivity contribution in [3.63, 3.8) is 0 Å². The summed E-state index contributed by atoms with van der Waals surface area (Å²) < 4.78 is 19.3. The van der Waals surface area contributed by atoms with Crippen molar-refractivity contribution in [2.75, 3.05) is 25.0 Å². The molecule has 0 saturated carbocycles. The van der Waals surface area contributed by atoms with Crippen LogP contribution in [-0.4, -0.2) is 35.6 Å². The SMILES string of the molecule is CCOc1ccc(-c2nc(-c3csc(NC4=NCCCN4)n3)cs2)cc1F. The van der Waals surface area contributed by atoms with E-state index in [0.717, 1.165) is 52.6 Å². The lowest BCUT2D eigenvalue weighted by Crippen LogP contribution is -2.35. The Labute approximate surface area is 164 Å². The number of nitrogens with one attached hydrogen (secondary N) is 2. The van der Waals surface area contributed by atoms with Crippen LogP contribution in [0.2, 0.25) is 0 Å². The number of rotatable bonds is 5. The third-order valence-corrected chi connectivity index (χ3v) is 5.52. The van der Waals surface area contributed by atoms with Gasteiger partial charge in [0.1, 0.15) is 16.4 Å². The van der Waals surface area contributed by atoms with Crippen molar-refractivity contribution >= 4 is 33.8 Å². The minimum absolute atomic E-state index is 0.257. The number of aliphatic imine (C=N–C) groups is 1. The van der Waals surface area contributed by atoms with Crippen molar-refractivity contribution in [1.29, 1.82) is 0 Å². The average Bonchev–Trinajstić information content (AvgIpc) is 3.34. The van der Waals surface area contributed by atoms with Gasteiger partial charge in [0.05, 0.1) is 6.61 Å². The molecule has 0 fully saturated rings. The number of aromatic nitrogens is 2. The minimum Gasteiger partial charge on any atom is -0.491 e. The maximum atomic E-state index is 14.1. The maximum absolute atomic E-state index is 14.1. The number of ether oxygens (including phenoxy) is 1. The third-order valence-electron chi connectivity index (χ3n) is 3.87. The Morgan fingerprint density at radius 1 is 1.22 bits per heavy atom. The van der Waals surface area contributed by atoms with E-state index in [4.69, 9.17) is 4.74 Å². The van der Waals surface area contributed by atoms with Gasteiger partial charge in [0.25, 0.3) is 0 Å². The number of nitrogens with zero attached hydrogens (tertiary/aromatic N) is 3. The van der Waals surface area contributed by atoms with Crippen LogP contribution in [0.5, 0.6) is 5.75 Å². The molecule has 0 bridgehead atoms. The van der Waals surface area contributed by atoms with Crippen LogP contribution in [0.1, 0.15) is 13.3 Å². The molecule has 1 aromatic carbocycles. The molecule has 9 heteroatoms. The molecule has 3 aromatic rings. The smallest absolute Gasteiger partial charge is 0.197 e. The molecular formula is C18H18FN5OS2. The van der Waals surface area contributed by atoms with Crippen molar-refractivity contribution in [3.05, 3.63) is 34.8 Å². The molecule has 27 heavy (non-hydrogen) atoms. The fraction of sp³-hybridized carbons (Fsp3) is 0.278. The van der Waals surface area contributed by atoms with Gasteiger partial charge in [-0.25, -0.2) is 14.4 Å². The summed E-state index contributed by atoms with van der Waals surface area (Å²) in [6.07, 6.45) is 1.04. The number of benzene rings is 1. The molecule has 140 valence electrons. The van der Waals surface area contributed by atoms with Gasteiger partial charge in [-0.3, -0.25) is 4.99 Å². The molecule has 0 unspecified atom stereocenters. The first-order chi connectivity index (χ1) is 13.2. The number of anilines is 1. The number of halogens is 1. The normalized spacial score (nSPS) is 13.8. The van der Waals surface area contributed by atoms with Crippen LogP contribution in [0.3, 0.4) is 0 Å². The van der Waals surface area contributed by atoms with E-state index in [2.05, 4.69) is 25.6 Å². The van der Waals surface area contributed by atoms with Gasteiger partial charge in [0.2, 0.25) is 0 Å². The van der Waals surface area contributed by atoms with Gasteiger partial charge < -0.3 is 15.4 Å². The molecule has 1 aliphatic heterocycles. The summed E-state index contributed by atoms with van der Waals surface area (Å²) in [5.74, 6) is 0.630. The van der Waals surface area contributed by atoms with E-state index in [1.165, 1.54) is 28.7 Å². The molecule has 1 aliphatic rings. The molecule has 2 aromatic heterocycles. The van der Waals surface area contributed by atoms with E-state index in [9.17, 15) is 4.39 Å². The summed E-state index contributed by atoms with van der Waals surface area (Å²) in [6.45, 7) is 3.99. The van der Waals surface area contributed by atoms with Gasteiger partial charge in [-0.1, -0.05) is 0 Å². The molecule has 0 spiro atoms. The fourth-order valence-corrected chi connectivity index (χ4v) is 4.11. The summed E-state index contributed by atoms with van der Waals surface area (Å²) in [7, 11) is 0. The number of thiazole rings is 2. The topological polar surface area (TPSA) is 71.4 Å². The third kappa shape index (κ3) is 4.09. The van der Waals surface area contributed by atoms with Crippen molar-refractivity contribution < 1.29 is 9.13 Å². The van der Waals surface area contributed by atoms with Gasteiger partial charge in [-0.15, -0.1) is 22.7 Å². The average molecular weight is 404 g/mol. The van der Waals surface area contributed by atoms with Crippen molar-refractivity contribution in [1.82, 2.24) is 15.3 Å². The van der Waals surface area contributed by atoms with E-state index in [-0.39, 0.29) is 11.6 Å². The Morgan fingerprint density at radius 2 is 2.07 bits per heavy atom. The second-order valence-corrected chi connectivity index (χ2v) is 7.51. The second-order valence-electron chi connectivity index (χ2n) is 5.79. The summed E-state index contributed by atoms with van der Waals surface area (Å²) in [6, 6.07) is 4.91. The summed E-state index contributed by atoms with van der Waals surface area (Å²) in [5, 5.41) is 11.8. The molecule has 0 aliphatic carbocycles. The molecule has 3 heterocycles. The standard InChI is InChI=1S/C18H18FN5OS2/c1-2-25-15-5-4-11(8-12(15)19)16-22-13(9-26-16)14-10-27-18(23-14)24-17-20-6-3-7-21-17/h4-5,8-10H,2-3,6-7H2,1H3,(H2,20,21,23,24). The van der Waals surface area contributed by atoms with E-state index in [0.29, 0.717) is 6.61 Å². The predicted octanol–water partition coefficient (Wildman–Crippen LogP) is 4.23. The highest BCUT2D eigenvalue weighted by Gasteiger charge is 2.13. The highest BCUT2D eigenvalue weighted by Crippen LogP contribution is 2.32. The van der Waals surface area contributed by atoms with Crippen LogP contribution in [-0.2, 0) is 0 Å². The lowest BCUT2D eigenvalue weighted by atomic mass is 10.2. The second kappa shape index (κ2) is 8.01. The van der Waals surface area contributed by atoms with Gasteiger partial charge in [0, 0.05) is 29.4 Å². The Kier molecular flexibility index (Phi) is 5.30. The first-order valence-electron chi connectivity index (χ1n) is 8.62. The summed E-state index contributed by atoms with van der Waals surface area (Å²) in [5.41, 5.74) is 2.28. The summed E-state index contributed by atoms with van der Waals surface area (Å²) >= 11 is 2.96. The zero-order chi connectivity index (χ0) is 18.6. The number of hydrogen-bond donors (Lipinski definition) is 2. The molecule has 0 amide bonds. The zero-order valence-corrected chi connectivity index (χ0v) is 16.3. The number of hydrogen-bond acceptors (Lipinski definition) is 8. The van der Waals surface area contributed by atoms with Crippen LogP contribution in [0.4, 0.5) is 9.52 Å². The van der Waals surface area contributed by atoms with Crippen LogP contribution < -0.4 is 15.4 Å². The first kappa shape index (κ1) is 17.9. The lowest BCUT2D eigenvalue weighted by molar-refractivity contribution is 0.321. The molecule has 6 nitrogen and oxygen atoms in total. The highest BCUT2D eigenvalue weighted by molar-refractivity contribution is 7.14. The van der Waals surface area contributed by atoms with E-state index in [1.54, 1.807) is 6.07 Å². The molecule has 4 rings (SSSR count). The van der Waals surface area contributed by atoms with E-state index >= 15 is 0 Å². The summed E-state index contributed by atoms with van der Waals surface area (Å²) in [4.78, 5) is 13.6. The monoisotopic (exact) mass is 403 g/mol. The number of guanidine groups is 1. The van der Waals surface area contributed by atoms with Crippen molar-refractivity contribution in [3.8, 4) is 27.7 Å². The van der Waals surface area contributed by atoms with E-state index in [1.807, 2.05) is 23.8 Å². The zero-order valence-electron chi connectivity index (χ0n) is 14.7. The maximum Gasteiger partial charge on any atom is 0.197 e. The Bertz CT molecular complexity index is 968. The molecule has 2 N–H and O–H groups in total. The van der Waals surface area contributed by atoms with Gasteiger partial charge >= 0.3 is 0 Å². The Hall–Kier alpha value is -2.52. The van der Waals surface area contributed by atoms with Crippen LogP contribution in [0.25, 0.3) is 22.0 Å². The Balaban J connectivity index is 1.51. The van der Waals surface area contributed by atoms with E-state index < -0.39 is 0 Å². The predicted molar refractivity (Wildman–Crippen MR) is 108 cm³/mol. The van der Waals surface area contributed by atoms with Crippen LogP contribution in [0.15, 0.2) is 34.0 Å². The lowest BCUT2D eigenvalue weighted by Gasteiger charge is -2.13. The highest BCUT2D eigenvalue weighted by atomic mass is 32.1. The van der Waals surface area contributed by atoms with Crippen molar-refractivity contribution in [2.24, 2.45) is 4.99 Å². The van der Waals surface area contributed by atoms with Crippen molar-refractivity contribution in [2.45, 2.75) is 13.3 Å². The fourth-order valence-electron chi connectivity index (χ4n) is 2.60. The molecule has 0 saturated heterocycles. The molecular weight excluding hydrogens is 385 g/mol. The van der Waals surface area contributed by atoms with Gasteiger partial charge in [0.15, 0.2) is 22.7 Å². The largest absolute Gasteiger partial charge is 0.491 e. The molecule has 0 atom stereocenters. The first-order valence-corrected chi connectivity index (χ1v) is 10.4. The van der Waals surface area contributed by atoms with Crippen LogP contribution >= 0.6 is 22.7 Å².